The molecule has 386 valence electrons. The van der Waals surface area contributed by atoms with Gasteiger partial charge in [-0.3, -0.25) is 4.79 Å². The number of amides is 1. The fraction of sp³-hybridized carbons (Fsp3) is 0.823. The van der Waals surface area contributed by atoms with Crippen molar-refractivity contribution in [3.05, 3.63) is 60.8 Å². The molecule has 4 nitrogen and oxygen atoms in total. The smallest absolute Gasteiger partial charge is 0.220 e. The number of aliphatic hydroxyl groups excluding tert-OH is 2. The summed E-state index contributed by atoms with van der Waals surface area (Å²) in [7, 11) is 0. The Bertz CT molecular complexity index is 1090. The van der Waals surface area contributed by atoms with Crippen LogP contribution in [0.4, 0.5) is 0 Å². The lowest BCUT2D eigenvalue weighted by Crippen LogP contribution is -2.45. The molecule has 2 unspecified atom stereocenters. The molecular weight excluding hydrogens is 807 g/mol. The summed E-state index contributed by atoms with van der Waals surface area (Å²) in [4.78, 5) is 12.5. The summed E-state index contributed by atoms with van der Waals surface area (Å²) in [6.07, 6.45) is 81.1. The van der Waals surface area contributed by atoms with Crippen LogP contribution in [-0.2, 0) is 4.79 Å². The standard InChI is InChI=1S/C62H115NO3/c1-3-5-7-9-11-13-15-17-19-21-23-24-25-26-27-28-29-30-31-32-33-34-35-36-37-38-40-42-44-46-48-50-52-54-56-58-62(66)63-60(59-64)61(65)57-55-53-51-49-47-45-43-41-39-22-20-18-16-14-12-10-8-6-4-2/h5,7,11,13,17,19,23-24,55,57,60-61,64-65H,3-4,6,8-10,12,14-16,18,20-22,25-54,56,58-59H2,1-2H3,(H,63,66)/b7-5-,13-11-,19-17-,24-23-,57-55+. The molecule has 66 heavy (non-hydrogen) atoms. The molecule has 2 atom stereocenters. The van der Waals surface area contributed by atoms with Crippen LogP contribution in [0.15, 0.2) is 60.8 Å². The van der Waals surface area contributed by atoms with E-state index >= 15 is 0 Å². The van der Waals surface area contributed by atoms with Gasteiger partial charge >= 0.3 is 0 Å². The topological polar surface area (TPSA) is 69.6 Å². The lowest BCUT2D eigenvalue weighted by molar-refractivity contribution is -0.123. The van der Waals surface area contributed by atoms with E-state index in [9.17, 15) is 15.0 Å². The van der Waals surface area contributed by atoms with Gasteiger partial charge in [0.05, 0.1) is 18.8 Å². The van der Waals surface area contributed by atoms with Gasteiger partial charge in [-0.25, -0.2) is 0 Å². The molecular formula is C62H115NO3. The molecule has 0 heterocycles. The third-order valence-corrected chi connectivity index (χ3v) is 13.5. The molecule has 0 aliphatic rings. The van der Waals surface area contributed by atoms with Gasteiger partial charge in [0.25, 0.3) is 0 Å². The minimum absolute atomic E-state index is 0.0592. The SMILES string of the molecule is CC/C=C\C/C=C\C/C=C\C/C=C\CCCCCCCCCCCCCCCCCCCCCCCCC(=O)NC(CO)C(O)/C=C/CCCCCCCCCCCCCCCCCCC. The van der Waals surface area contributed by atoms with Gasteiger partial charge in [-0.2, -0.15) is 0 Å². The Balaban J connectivity index is 3.44. The zero-order chi connectivity index (χ0) is 47.7. The van der Waals surface area contributed by atoms with E-state index in [0.29, 0.717) is 6.42 Å². The largest absolute Gasteiger partial charge is 0.394 e. The van der Waals surface area contributed by atoms with Crippen molar-refractivity contribution in [2.45, 2.75) is 321 Å². The number of carbonyl (C=O) groups excluding carboxylic acids is 1. The van der Waals surface area contributed by atoms with Gasteiger partial charge in [-0.1, -0.05) is 306 Å². The Morgan fingerprint density at radius 3 is 1.00 bits per heavy atom. The van der Waals surface area contributed by atoms with Crippen LogP contribution in [0.3, 0.4) is 0 Å². The normalized spacial score (nSPS) is 13.2. The van der Waals surface area contributed by atoms with Crippen LogP contribution in [0.2, 0.25) is 0 Å². The average molecular weight is 923 g/mol. The first-order valence-electron chi connectivity index (χ1n) is 29.5. The average Bonchev–Trinajstić information content (AvgIpc) is 3.32. The van der Waals surface area contributed by atoms with E-state index in [0.717, 1.165) is 51.4 Å². The Labute approximate surface area is 413 Å². The van der Waals surface area contributed by atoms with Crippen LogP contribution in [0.1, 0.15) is 309 Å². The number of carbonyl (C=O) groups is 1. The quantitative estimate of drug-likeness (QED) is 0.0420. The van der Waals surface area contributed by atoms with Gasteiger partial charge in [0.2, 0.25) is 5.91 Å². The molecule has 0 aromatic heterocycles. The zero-order valence-corrected chi connectivity index (χ0v) is 44.5. The van der Waals surface area contributed by atoms with Crippen molar-refractivity contribution in [2.75, 3.05) is 6.61 Å². The van der Waals surface area contributed by atoms with Crippen molar-refractivity contribution in [2.24, 2.45) is 0 Å². The van der Waals surface area contributed by atoms with Gasteiger partial charge in [0, 0.05) is 6.42 Å². The number of hydrogen-bond donors (Lipinski definition) is 3. The van der Waals surface area contributed by atoms with Crippen LogP contribution < -0.4 is 5.32 Å². The van der Waals surface area contributed by atoms with Gasteiger partial charge in [-0.05, 0) is 57.8 Å². The summed E-state index contributed by atoms with van der Waals surface area (Å²) >= 11 is 0. The lowest BCUT2D eigenvalue weighted by Gasteiger charge is -2.20. The third kappa shape index (κ3) is 53.1. The van der Waals surface area contributed by atoms with E-state index in [1.807, 2.05) is 6.08 Å². The minimum Gasteiger partial charge on any atom is -0.394 e. The van der Waals surface area contributed by atoms with Gasteiger partial charge in [0.1, 0.15) is 0 Å². The van der Waals surface area contributed by atoms with Crippen LogP contribution in [0.5, 0.6) is 0 Å². The van der Waals surface area contributed by atoms with E-state index in [1.54, 1.807) is 6.08 Å². The van der Waals surface area contributed by atoms with Gasteiger partial charge in [-0.15, -0.1) is 0 Å². The molecule has 4 heteroatoms. The third-order valence-electron chi connectivity index (χ3n) is 13.5. The molecule has 0 aromatic rings. The molecule has 3 N–H and O–H groups in total. The Kier molecular flexibility index (Phi) is 55.7. The van der Waals surface area contributed by atoms with Crippen molar-refractivity contribution in [3.8, 4) is 0 Å². The van der Waals surface area contributed by atoms with Crippen LogP contribution >= 0.6 is 0 Å². The zero-order valence-electron chi connectivity index (χ0n) is 44.5. The monoisotopic (exact) mass is 922 g/mol. The lowest BCUT2D eigenvalue weighted by atomic mass is 10.0. The van der Waals surface area contributed by atoms with E-state index in [-0.39, 0.29) is 12.5 Å². The van der Waals surface area contributed by atoms with E-state index in [1.165, 1.54) is 238 Å². The molecule has 0 aromatic carbocycles. The first kappa shape index (κ1) is 64.1. The number of allylic oxidation sites excluding steroid dienone is 9. The first-order valence-corrected chi connectivity index (χ1v) is 29.5. The fourth-order valence-electron chi connectivity index (χ4n) is 9.06. The Hall–Kier alpha value is -1.91. The number of hydrogen-bond acceptors (Lipinski definition) is 3. The van der Waals surface area contributed by atoms with Crippen LogP contribution in [0.25, 0.3) is 0 Å². The highest BCUT2D eigenvalue weighted by molar-refractivity contribution is 5.76. The van der Waals surface area contributed by atoms with Crippen LogP contribution in [-0.4, -0.2) is 34.9 Å². The summed E-state index contributed by atoms with van der Waals surface area (Å²) < 4.78 is 0. The molecule has 0 saturated heterocycles. The number of nitrogens with one attached hydrogen (secondary N) is 1. The molecule has 0 aliphatic carbocycles. The second kappa shape index (κ2) is 57.4. The van der Waals surface area contributed by atoms with Gasteiger partial charge < -0.3 is 15.5 Å². The van der Waals surface area contributed by atoms with Crippen molar-refractivity contribution in [3.63, 3.8) is 0 Å². The molecule has 0 fully saturated rings. The molecule has 0 spiro atoms. The minimum atomic E-state index is -0.839. The summed E-state index contributed by atoms with van der Waals surface area (Å²) in [5.74, 6) is -0.0592. The summed E-state index contributed by atoms with van der Waals surface area (Å²) in [6.45, 7) is 4.22. The molecule has 0 saturated carbocycles. The Morgan fingerprint density at radius 2 is 0.667 bits per heavy atom. The summed E-state index contributed by atoms with van der Waals surface area (Å²) in [5.41, 5.74) is 0. The predicted octanol–water partition coefficient (Wildman–Crippen LogP) is 19.6. The van der Waals surface area contributed by atoms with E-state index in [4.69, 9.17) is 0 Å². The summed E-state index contributed by atoms with van der Waals surface area (Å²) in [5, 5.41) is 23.2. The van der Waals surface area contributed by atoms with Crippen molar-refractivity contribution < 1.29 is 15.0 Å². The highest BCUT2D eigenvalue weighted by Crippen LogP contribution is 2.17. The Morgan fingerprint density at radius 1 is 0.379 bits per heavy atom. The molecule has 0 rings (SSSR count). The molecule has 0 aliphatic heterocycles. The number of rotatable bonds is 54. The maximum atomic E-state index is 12.5. The maximum absolute atomic E-state index is 12.5. The summed E-state index contributed by atoms with van der Waals surface area (Å²) in [6, 6.07) is -0.622. The van der Waals surface area contributed by atoms with Crippen molar-refractivity contribution in [1.82, 2.24) is 5.32 Å². The van der Waals surface area contributed by atoms with Gasteiger partial charge in [0.15, 0.2) is 0 Å². The molecule has 0 bridgehead atoms. The van der Waals surface area contributed by atoms with Crippen molar-refractivity contribution >= 4 is 5.91 Å². The first-order chi connectivity index (χ1) is 32.7. The fourth-order valence-corrected chi connectivity index (χ4v) is 9.06. The van der Waals surface area contributed by atoms with Crippen LogP contribution in [0, 0.1) is 0 Å². The van der Waals surface area contributed by atoms with Crippen molar-refractivity contribution in [1.29, 1.82) is 0 Å². The van der Waals surface area contributed by atoms with E-state index in [2.05, 4.69) is 67.8 Å². The second-order valence-electron chi connectivity index (χ2n) is 20.0. The number of unbranched alkanes of at least 4 members (excludes halogenated alkanes) is 39. The number of aliphatic hydroxyl groups is 2. The highest BCUT2D eigenvalue weighted by atomic mass is 16.3. The maximum Gasteiger partial charge on any atom is 0.220 e. The van der Waals surface area contributed by atoms with E-state index < -0.39 is 12.1 Å². The highest BCUT2D eigenvalue weighted by Gasteiger charge is 2.18. The second-order valence-corrected chi connectivity index (χ2v) is 20.0. The molecule has 0 radical (unpaired) electrons. The predicted molar refractivity (Wildman–Crippen MR) is 294 cm³/mol. The molecule has 1 amide bonds.